The first kappa shape index (κ1) is 29.5. The molecule has 0 saturated heterocycles. The van der Waals surface area contributed by atoms with E-state index >= 15 is 0 Å². The summed E-state index contributed by atoms with van der Waals surface area (Å²) in [6.07, 6.45) is 0. The van der Waals surface area contributed by atoms with E-state index in [0.717, 1.165) is 0 Å². The molecule has 0 aliphatic carbocycles. The number of aromatic hydroxyl groups is 2. The molecule has 0 radical (unpaired) electrons. The van der Waals surface area contributed by atoms with E-state index in [2.05, 4.69) is 0 Å². The summed E-state index contributed by atoms with van der Waals surface area (Å²) in [5.41, 5.74) is -0.356. The number of aromatic carboxylic acids is 2. The van der Waals surface area contributed by atoms with Crippen molar-refractivity contribution in [3.63, 3.8) is 0 Å². The van der Waals surface area contributed by atoms with Crippen LogP contribution in [-0.2, 0) is 19.5 Å². The summed E-state index contributed by atoms with van der Waals surface area (Å²) in [7, 11) is 0. The quantitative estimate of drug-likeness (QED) is 0.507. The Labute approximate surface area is 149 Å². The second-order valence-electron chi connectivity index (χ2n) is 3.61. The summed E-state index contributed by atoms with van der Waals surface area (Å²) in [6, 6.07) is 11.3. The largest absolute Gasteiger partial charge is 2.00 e. The Bertz CT molecular complexity index is 576. The van der Waals surface area contributed by atoms with Gasteiger partial charge in [0.05, 0.1) is 11.9 Å². The number of carboxylic acids is 2. The van der Waals surface area contributed by atoms with Crippen LogP contribution in [0.2, 0.25) is 0 Å². The van der Waals surface area contributed by atoms with Crippen LogP contribution < -0.4 is 10.2 Å². The molecule has 2 rings (SSSR count). The van der Waals surface area contributed by atoms with Gasteiger partial charge in [0.2, 0.25) is 0 Å². The molecular formula is C14H16O9Zn. The van der Waals surface area contributed by atoms with Gasteiger partial charge in [-0.15, -0.1) is 0 Å². The molecule has 24 heavy (non-hydrogen) atoms. The van der Waals surface area contributed by atoms with Crippen molar-refractivity contribution < 1.29 is 65.9 Å². The number of phenols is 2. The van der Waals surface area contributed by atoms with E-state index in [1.165, 1.54) is 36.4 Å². The predicted molar refractivity (Wildman–Crippen MR) is 75.7 cm³/mol. The molecule has 0 saturated carbocycles. The standard InChI is InChI=1S/2C7H6O3.3H2O.Zn/c2*8-6-4-2-1-3-5(6)7(9)10;;;;/h2*1-4,8H,(H,9,10);3*1H2;/q;;;;;+2/p-2. The smallest absolute Gasteiger partial charge is 0.545 e. The number of carboxylic acid groups (broad SMARTS) is 2. The van der Waals surface area contributed by atoms with E-state index in [-0.39, 0.29) is 58.5 Å². The maximum absolute atomic E-state index is 10.2. The van der Waals surface area contributed by atoms with Gasteiger partial charge in [0.1, 0.15) is 11.5 Å². The fraction of sp³-hybridized carbons (Fsp3) is 0. The third-order valence-electron chi connectivity index (χ3n) is 2.25. The van der Waals surface area contributed by atoms with E-state index in [4.69, 9.17) is 10.2 Å². The molecule has 0 amide bonds. The molecule has 0 bridgehead atoms. The molecule has 0 aliphatic rings. The van der Waals surface area contributed by atoms with Crippen LogP contribution in [0, 0.1) is 0 Å². The molecule has 0 fully saturated rings. The average molecular weight is 394 g/mol. The number of carbonyl (C=O) groups is 2. The molecule has 2 aromatic carbocycles. The minimum absolute atomic E-state index is 0. The SMILES string of the molecule is O.O.O.O=C([O-])c1ccccc1O.O=C([O-])c1ccccc1O.[Zn+2]. The van der Waals surface area contributed by atoms with Crippen molar-refractivity contribution in [2.75, 3.05) is 0 Å². The van der Waals surface area contributed by atoms with Crippen molar-refractivity contribution in [3.8, 4) is 11.5 Å². The van der Waals surface area contributed by atoms with Gasteiger partial charge in [0.15, 0.2) is 0 Å². The Morgan fingerprint density at radius 3 is 1.08 bits per heavy atom. The summed E-state index contributed by atoms with van der Waals surface area (Å²) >= 11 is 0. The fourth-order valence-electron chi connectivity index (χ4n) is 1.29. The molecule has 2 aromatic rings. The van der Waals surface area contributed by atoms with Gasteiger partial charge >= 0.3 is 19.5 Å². The zero-order valence-electron chi connectivity index (χ0n) is 12.4. The third kappa shape index (κ3) is 8.81. The summed E-state index contributed by atoms with van der Waals surface area (Å²) < 4.78 is 0. The summed E-state index contributed by atoms with van der Waals surface area (Å²) in [6.45, 7) is 0. The molecule has 0 heterocycles. The van der Waals surface area contributed by atoms with E-state index in [1.54, 1.807) is 12.1 Å². The van der Waals surface area contributed by atoms with Crippen molar-refractivity contribution >= 4 is 11.9 Å². The fourth-order valence-corrected chi connectivity index (χ4v) is 1.29. The number of para-hydroxylation sites is 2. The van der Waals surface area contributed by atoms with Gasteiger partial charge in [-0.3, -0.25) is 0 Å². The zero-order chi connectivity index (χ0) is 15.1. The van der Waals surface area contributed by atoms with Crippen LogP contribution in [-0.4, -0.2) is 38.6 Å². The van der Waals surface area contributed by atoms with Gasteiger partial charge in [-0.25, -0.2) is 0 Å². The number of carbonyl (C=O) groups excluding carboxylic acids is 2. The van der Waals surface area contributed by atoms with Crippen LogP contribution >= 0.6 is 0 Å². The van der Waals surface area contributed by atoms with Gasteiger partial charge in [-0.2, -0.15) is 0 Å². The van der Waals surface area contributed by atoms with E-state index in [0.29, 0.717) is 0 Å². The van der Waals surface area contributed by atoms with Crippen molar-refractivity contribution in [1.82, 2.24) is 0 Å². The number of hydrogen-bond acceptors (Lipinski definition) is 6. The minimum Gasteiger partial charge on any atom is -0.545 e. The molecule has 0 aliphatic heterocycles. The van der Waals surface area contributed by atoms with Crippen molar-refractivity contribution in [2.45, 2.75) is 0 Å². The summed E-state index contributed by atoms with van der Waals surface area (Å²) in [4.78, 5) is 20.3. The Morgan fingerprint density at radius 1 is 0.667 bits per heavy atom. The number of benzene rings is 2. The van der Waals surface area contributed by atoms with Gasteiger partial charge in [-0.05, 0) is 24.3 Å². The zero-order valence-corrected chi connectivity index (χ0v) is 15.3. The van der Waals surface area contributed by atoms with Crippen LogP contribution in [0.4, 0.5) is 0 Å². The minimum atomic E-state index is -1.36. The number of rotatable bonds is 2. The maximum Gasteiger partial charge on any atom is 2.00 e. The van der Waals surface area contributed by atoms with Crippen LogP contribution in [0.15, 0.2) is 48.5 Å². The molecule has 9 nitrogen and oxygen atoms in total. The second-order valence-corrected chi connectivity index (χ2v) is 3.61. The van der Waals surface area contributed by atoms with Crippen molar-refractivity contribution in [3.05, 3.63) is 59.7 Å². The van der Waals surface area contributed by atoms with Crippen LogP contribution in [0.25, 0.3) is 0 Å². The van der Waals surface area contributed by atoms with Crippen LogP contribution in [0.3, 0.4) is 0 Å². The molecule has 128 valence electrons. The Hall–Kier alpha value is -2.52. The maximum atomic E-state index is 10.2. The third-order valence-corrected chi connectivity index (χ3v) is 2.25. The van der Waals surface area contributed by atoms with Crippen LogP contribution in [0.5, 0.6) is 11.5 Å². The predicted octanol–water partition coefficient (Wildman–Crippen LogP) is -2.97. The summed E-state index contributed by atoms with van der Waals surface area (Å²) in [5.74, 6) is -3.25. The molecular weight excluding hydrogens is 378 g/mol. The van der Waals surface area contributed by atoms with E-state index in [9.17, 15) is 19.8 Å². The first-order chi connectivity index (χ1) is 9.43. The Morgan fingerprint density at radius 2 is 0.917 bits per heavy atom. The van der Waals surface area contributed by atoms with Crippen LogP contribution in [0.1, 0.15) is 20.7 Å². The van der Waals surface area contributed by atoms with Gasteiger partial charge in [-0.1, -0.05) is 24.3 Å². The normalized spacial score (nSPS) is 7.67. The topological polar surface area (TPSA) is 215 Å². The Kier molecular flexibility index (Phi) is 17.3. The second kappa shape index (κ2) is 14.1. The monoisotopic (exact) mass is 392 g/mol. The van der Waals surface area contributed by atoms with Crippen molar-refractivity contribution in [2.24, 2.45) is 0 Å². The number of hydrogen-bond donors (Lipinski definition) is 2. The van der Waals surface area contributed by atoms with E-state index < -0.39 is 11.9 Å². The Balaban J connectivity index is -0.000000143. The first-order valence-electron chi connectivity index (χ1n) is 5.42. The molecule has 0 unspecified atom stereocenters. The van der Waals surface area contributed by atoms with E-state index in [1.807, 2.05) is 0 Å². The average Bonchev–Trinajstić information content (AvgIpc) is 2.40. The van der Waals surface area contributed by atoms with Gasteiger partial charge in [0.25, 0.3) is 0 Å². The summed E-state index contributed by atoms with van der Waals surface area (Å²) in [5, 5.41) is 38.0. The first-order valence-corrected chi connectivity index (χ1v) is 5.42. The van der Waals surface area contributed by atoms with Crippen molar-refractivity contribution in [1.29, 1.82) is 0 Å². The van der Waals surface area contributed by atoms with Gasteiger partial charge in [0, 0.05) is 11.1 Å². The molecule has 0 atom stereocenters. The molecule has 0 aromatic heterocycles. The molecule has 0 spiro atoms. The molecule has 8 N–H and O–H groups in total. The van der Waals surface area contributed by atoms with Gasteiger partial charge < -0.3 is 46.4 Å². The molecule has 10 heteroatoms.